The van der Waals surface area contributed by atoms with E-state index in [1.165, 1.54) is 0 Å². The van der Waals surface area contributed by atoms with Gasteiger partial charge >= 0.3 is 0 Å². The van der Waals surface area contributed by atoms with Gasteiger partial charge in [0.15, 0.2) is 5.82 Å². The van der Waals surface area contributed by atoms with Gasteiger partial charge in [0.1, 0.15) is 0 Å². The van der Waals surface area contributed by atoms with Gasteiger partial charge in [0, 0.05) is 19.9 Å². The van der Waals surface area contributed by atoms with Crippen LogP contribution >= 0.6 is 0 Å². The van der Waals surface area contributed by atoms with E-state index in [-0.39, 0.29) is 12.3 Å². The van der Waals surface area contributed by atoms with Crippen LogP contribution in [0.1, 0.15) is 11.7 Å². The number of rotatable bonds is 6. The van der Waals surface area contributed by atoms with Crippen molar-refractivity contribution in [3.8, 4) is 0 Å². The van der Waals surface area contributed by atoms with Crippen LogP contribution in [0.15, 0.2) is 4.52 Å². The molecular weight excluding hydrogens is 222 g/mol. The van der Waals surface area contributed by atoms with Crippen molar-refractivity contribution < 1.29 is 18.0 Å². The number of sulfonamides is 1. The SMILES string of the molecule is Cc1nc(CCNS(=O)(=O)CCO)no1. The maximum Gasteiger partial charge on any atom is 0.223 e. The van der Waals surface area contributed by atoms with Gasteiger partial charge in [-0.05, 0) is 0 Å². The molecule has 0 aliphatic rings. The van der Waals surface area contributed by atoms with Gasteiger partial charge in [-0.25, -0.2) is 13.1 Å². The van der Waals surface area contributed by atoms with E-state index < -0.39 is 16.6 Å². The van der Waals surface area contributed by atoms with Crippen molar-refractivity contribution in [2.24, 2.45) is 0 Å². The van der Waals surface area contributed by atoms with Crippen molar-refractivity contribution in [3.63, 3.8) is 0 Å². The zero-order valence-electron chi connectivity index (χ0n) is 8.30. The first-order chi connectivity index (χ1) is 7.03. The Morgan fingerprint density at radius 1 is 1.53 bits per heavy atom. The van der Waals surface area contributed by atoms with Crippen LogP contribution in [0.5, 0.6) is 0 Å². The molecule has 0 bridgehead atoms. The first-order valence-corrected chi connectivity index (χ1v) is 6.06. The molecule has 1 rings (SSSR count). The molecule has 2 N–H and O–H groups in total. The van der Waals surface area contributed by atoms with E-state index in [0.717, 1.165) is 0 Å². The lowest BCUT2D eigenvalue weighted by molar-refractivity contribution is 0.319. The van der Waals surface area contributed by atoms with E-state index in [0.29, 0.717) is 18.1 Å². The maximum atomic E-state index is 11.1. The molecule has 0 spiro atoms. The van der Waals surface area contributed by atoms with Crippen molar-refractivity contribution in [1.29, 1.82) is 0 Å². The lowest BCUT2D eigenvalue weighted by Crippen LogP contribution is -2.29. The van der Waals surface area contributed by atoms with Crippen LogP contribution in [0, 0.1) is 6.92 Å². The monoisotopic (exact) mass is 235 g/mol. The van der Waals surface area contributed by atoms with Crippen LogP contribution in [0.4, 0.5) is 0 Å². The van der Waals surface area contributed by atoms with Gasteiger partial charge in [-0.3, -0.25) is 0 Å². The molecule has 0 amide bonds. The topological polar surface area (TPSA) is 105 Å². The number of hydrogen-bond donors (Lipinski definition) is 2. The van der Waals surface area contributed by atoms with Crippen molar-refractivity contribution in [2.75, 3.05) is 18.9 Å². The highest BCUT2D eigenvalue weighted by molar-refractivity contribution is 7.89. The van der Waals surface area contributed by atoms with Crippen LogP contribution < -0.4 is 4.72 Å². The standard InChI is InChI=1S/C7H13N3O4S/c1-6-9-7(10-14-6)2-3-8-15(12,13)5-4-11/h8,11H,2-5H2,1H3. The highest BCUT2D eigenvalue weighted by atomic mass is 32.2. The molecule has 0 radical (unpaired) electrons. The molecule has 1 heterocycles. The van der Waals surface area contributed by atoms with Gasteiger partial charge in [0.05, 0.1) is 12.4 Å². The molecule has 1 aromatic heterocycles. The molecule has 0 unspecified atom stereocenters. The Hall–Kier alpha value is -0.990. The van der Waals surface area contributed by atoms with Gasteiger partial charge in [-0.2, -0.15) is 4.98 Å². The van der Waals surface area contributed by atoms with E-state index in [1.807, 2.05) is 0 Å². The normalized spacial score (nSPS) is 11.9. The molecule has 0 aromatic carbocycles. The van der Waals surface area contributed by atoms with Gasteiger partial charge in [-0.15, -0.1) is 0 Å². The summed E-state index contributed by atoms with van der Waals surface area (Å²) in [4.78, 5) is 3.91. The molecule has 86 valence electrons. The van der Waals surface area contributed by atoms with Crippen LogP contribution in [0.2, 0.25) is 0 Å². The Kier molecular flexibility index (Phi) is 4.18. The molecule has 7 nitrogen and oxygen atoms in total. The largest absolute Gasteiger partial charge is 0.395 e. The highest BCUT2D eigenvalue weighted by Gasteiger charge is 2.09. The Morgan fingerprint density at radius 2 is 2.27 bits per heavy atom. The predicted octanol–water partition coefficient (Wildman–Crippen LogP) is -1.17. The predicted molar refractivity (Wildman–Crippen MR) is 51.6 cm³/mol. The Balaban J connectivity index is 2.33. The minimum absolute atomic E-state index is 0.196. The highest BCUT2D eigenvalue weighted by Crippen LogP contribution is 1.95. The minimum Gasteiger partial charge on any atom is -0.395 e. The Labute approximate surface area is 87.5 Å². The molecule has 1 aromatic rings. The summed E-state index contributed by atoms with van der Waals surface area (Å²) in [5.74, 6) is 0.612. The molecule has 0 aliphatic carbocycles. The zero-order chi connectivity index (χ0) is 11.3. The molecule has 0 aliphatic heterocycles. The van der Waals surface area contributed by atoms with Crippen molar-refractivity contribution >= 4 is 10.0 Å². The number of aromatic nitrogens is 2. The molecule has 0 saturated heterocycles. The average molecular weight is 235 g/mol. The smallest absolute Gasteiger partial charge is 0.223 e. The lowest BCUT2D eigenvalue weighted by atomic mass is 10.4. The van der Waals surface area contributed by atoms with Crippen LogP contribution in [0.25, 0.3) is 0 Å². The molecule has 0 fully saturated rings. The van der Waals surface area contributed by atoms with E-state index in [2.05, 4.69) is 14.9 Å². The fourth-order valence-electron chi connectivity index (χ4n) is 0.954. The third-order valence-electron chi connectivity index (χ3n) is 1.60. The van der Waals surface area contributed by atoms with E-state index in [9.17, 15) is 8.42 Å². The molecule has 8 heteroatoms. The van der Waals surface area contributed by atoms with Gasteiger partial charge in [0.2, 0.25) is 15.9 Å². The average Bonchev–Trinajstić information content (AvgIpc) is 2.51. The van der Waals surface area contributed by atoms with E-state index >= 15 is 0 Å². The number of nitrogens with zero attached hydrogens (tertiary/aromatic N) is 2. The number of aliphatic hydroxyl groups is 1. The van der Waals surface area contributed by atoms with Gasteiger partial charge in [0.25, 0.3) is 0 Å². The zero-order valence-corrected chi connectivity index (χ0v) is 9.12. The van der Waals surface area contributed by atoms with Gasteiger partial charge < -0.3 is 9.63 Å². The second-order valence-electron chi connectivity index (χ2n) is 2.92. The number of nitrogens with one attached hydrogen (secondary N) is 1. The Bertz CT molecular complexity index is 400. The number of aliphatic hydroxyl groups excluding tert-OH is 1. The third-order valence-corrected chi connectivity index (χ3v) is 2.96. The van der Waals surface area contributed by atoms with Crippen molar-refractivity contribution in [3.05, 3.63) is 11.7 Å². The molecule has 0 saturated carbocycles. The second-order valence-corrected chi connectivity index (χ2v) is 4.84. The van der Waals surface area contributed by atoms with Crippen molar-refractivity contribution in [1.82, 2.24) is 14.9 Å². The van der Waals surface area contributed by atoms with Crippen LogP contribution in [-0.4, -0.2) is 42.6 Å². The summed E-state index contributed by atoms with van der Waals surface area (Å²) in [6.07, 6.45) is 0.363. The van der Waals surface area contributed by atoms with E-state index in [4.69, 9.17) is 9.63 Å². The fourth-order valence-corrected chi connectivity index (χ4v) is 1.75. The summed E-state index contributed by atoms with van der Waals surface area (Å²) in [6, 6.07) is 0. The third kappa shape index (κ3) is 4.36. The molecule has 0 atom stereocenters. The van der Waals surface area contributed by atoms with Gasteiger partial charge in [-0.1, -0.05) is 5.16 Å². The van der Waals surface area contributed by atoms with Crippen LogP contribution in [-0.2, 0) is 16.4 Å². The molecule has 15 heavy (non-hydrogen) atoms. The minimum atomic E-state index is -3.38. The van der Waals surface area contributed by atoms with Crippen LogP contribution in [0.3, 0.4) is 0 Å². The summed E-state index contributed by atoms with van der Waals surface area (Å²) in [5, 5.41) is 12.1. The second kappa shape index (κ2) is 5.19. The summed E-state index contributed by atoms with van der Waals surface area (Å²) < 4.78 is 29.2. The maximum absolute atomic E-state index is 11.1. The summed E-state index contributed by atoms with van der Waals surface area (Å²) in [5.41, 5.74) is 0. The first kappa shape index (κ1) is 12.1. The summed E-state index contributed by atoms with van der Waals surface area (Å²) in [7, 11) is -3.38. The fraction of sp³-hybridized carbons (Fsp3) is 0.714. The number of aryl methyl sites for hydroxylation is 1. The van der Waals surface area contributed by atoms with E-state index in [1.54, 1.807) is 6.92 Å². The lowest BCUT2D eigenvalue weighted by Gasteiger charge is -2.02. The van der Waals surface area contributed by atoms with Crippen molar-refractivity contribution in [2.45, 2.75) is 13.3 Å². The summed E-state index contributed by atoms with van der Waals surface area (Å²) in [6.45, 7) is 1.46. The quantitative estimate of drug-likeness (QED) is 0.643. The summed E-state index contributed by atoms with van der Waals surface area (Å²) >= 11 is 0. The molecular formula is C7H13N3O4S. The first-order valence-electron chi connectivity index (χ1n) is 4.41. The Morgan fingerprint density at radius 3 is 2.80 bits per heavy atom. The number of hydrogen-bond acceptors (Lipinski definition) is 6.